The molecule has 0 bridgehead atoms. The van der Waals surface area contributed by atoms with E-state index in [1.807, 2.05) is 4.90 Å². The number of carbonyl (C=O) groups is 1. The van der Waals surface area contributed by atoms with Gasteiger partial charge in [0.15, 0.2) is 0 Å². The van der Waals surface area contributed by atoms with Gasteiger partial charge >= 0.3 is 6.01 Å². The van der Waals surface area contributed by atoms with Gasteiger partial charge < -0.3 is 19.4 Å². The van der Waals surface area contributed by atoms with Gasteiger partial charge in [0.05, 0.1) is 5.69 Å². The SMILES string of the molecule is C=CC(=O)N1CC(C)N(c2nc(OC[C@@H]3CCCN3C)nc3c2CC(C)CC3)[C@@H](C)C1. The number of amides is 1. The number of likely N-dealkylation sites (N-methyl/N-ethyl adjacent to an activating group) is 1. The molecule has 1 aromatic rings. The molecule has 31 heavy (non-hydrogen) atoms. The van der Waals surface area contributed by atoms with Crippen LogP contribution in [0, 0.1) is 5.92 Å². The predicted octanol–water partition coefficient (Wildman–Crippen LogP) is 2.69. The van der Waals surface area contributed by atoms with Gasteiger partial charge in [0.2, 0.25) is 5.91 Å². The average Bonchev–Trinajstić information content (AvgIpc) is 3.16. The van der Waals surface area contributed by atoms with Crippen molar-refractivity contribution >= 4 is 11.7 Å². The number of rotatable bonds is 5. The quantitative estimate of drug-likeness (QED) is 0.674. The number of fused-ring (bicyclic) bond motifs is 1. The molecule has 3 aliphatic rings. The maximum Gasteiger partial charge on any atom is 0.318 e. The smallest absolute Gasteiger partial charge is 0.318 e. The van der Waals surface area contributed by atoms with Crippen molar-refractivity contribution in [2.45, 2.75) is 71.0 Å². The summed E-state index contributed by atoms with van der Waals surface area (Å²) in [5.74, 6) is 1.64. The minimum absolute atomic E-state index is 0.00129. The number of likely N-dealkylation sites (tertiary alicyclic amines) is 1. The van der Waals surface area contributed by atoms with Crippen LogP contribution >= 0.6 is 0 Å². The zero-order valence-corrected chi connectivity index (χ0v) is 19.5. The molecule has 1 aliphatic carbocycles. The molecule has 0 N–H and O–H groups in total. The average molecular weight is 428 g/mol. The van der Waals surface area contributed by atoms with Gasteiger partial charge in [0, 0.05) is 36.8 Å². The van der Waals surface area contributed by atoms with E-state index in [2.05, 4.69) is 44.2 Å². The fourth-order valence-corrected chi connectivity index (χ4v) is 5.43. The van der Waals surface area contributed by atoms with Crippen LogP contribution in [0.1, 0.15) is 51.3 Å². The Balaban J connectivity index is 1.62. The Bertz CT molecular complexity index is 816. The molecule has 7 heteroatoms. The molecule has 0 spiro atoms. The maximum atomic E-state index is 12.2. The normalized spacial score (nSPS) is 29.0. The van der Waals surface area contributed by atoms with Gasteiger partial charge in [0.25, 0.3) is 0 Å². The molecule has 2 fully saturated rings. The molecule has 4 atom stereocenters. The maximum absolute atomic E-state index is 12.2. The van der Waals surface area contributed by atoms with Gasteiger partial charge in [-0.2, -0.15) is 9.97 Å². The Morgan fingerprint density at radius 2 is 1.94 bits per heavy atom. The topological polar surface area (TPSA) is 61.8 Å². The third-order valence-corrected chi connectivity index (χ3v) is 7.20. The third-order valence-electron chi connectivity index (χ3n) is 7.20. The molecule has 170 valence electrons. The van der Waals surface area contributed by atoms with E-state index in [1.165, 1.54) is 24.5 Å². The Morgan fingerprint density at radius 3 is 2.58 bits per heavy atom. The molecule has 0 radical (unpaired) electrons. The first-order valence-electron chi connectivity index (χ1n) is 11.8. The van der Waals surface area contributed by atoms with Crippen LogP contribution in [-0.4, -0.2) is 77.1 Å². The van der Waals surface area contributed by atoms with E-state index >= 15 is 0 Å². The summed E-state index contributed by atoms with van der Waals surface area (Å²) in [6, 6.07) is 1.28. The lowest BCUT2D eigenvalue weighted by molar-refractivity contribution is -0.127. The zero-order valence-electron chi connectivity index (χ0n) is 19.5. The number of piperazine rings is 1. The van der Waals surface area contributed by atoms with Gasteiger partial charge in [0.1, 0.15) is 12.4 Å². The molecule has 0 saturated carbocycles. The summed E-state index contributed by atoms with van der Waals surface area (Å²) in [6.45, 7) is 13.4. The highest BCUT2D eigenvalue weighted by atomic mass is 16.5. The number of anilines is 1. The molecule has 0 aromatic carbocycles. The fourth-order valence-electron chi connectivity index (χ4n) is 5.43. The van der Waals surface area contributed by atoms with Crippen LogP contribution in [0.2, 0.25) is 0 Å². The van der Waals surface area contributed by atoms with Crippen LogP contribution in [0.15, 0.2) is 12.7 Å². The van der Waals surface area contributed by atoms with Crippen molar-refractivity contribution in [2.75, 3.05) is 38.2 Å². The van der Waals surface area contributed by atoms with Gasteiger partial charge in [-0.05, 0) is 71.5 Å². The minimum atomic E-state index is 0.00129. The second-order valence-corrected chi connectivity index (χ2v) is 9.74. The van der Waals surface area contributed by atoms with Crippen molar-refractivity contribution in [3.05, 3.63) is 23.9 Å². The van der Waals surface area contributed by atoms with Crippen molar-refractivity contribution in [3.8, 4) is 6.01 Å². The molecule has 2 aliphatic heterocycles. The minimum Gasteiger partial charge on any atom is -0.462 e. The van der Waals surface area contributed by atoms with E-state index in [9.17, 15) is 4.79 Å². The predicted molar refractivity (Wildman–Crippen MR) is 123 cm³/mol. The molecule has 1 amide bonds. The van der Waals surface area contributed by atoms with Crippen molar-refractivity contribution < 1.29 is 9.53 Å². The molecule has 2 unspecified atom stereocenters. The standard InChI is InChI=1S/C24H37N5O2/c1-6-22(30)28-13-17(3)29(18(4)14-28)23-20-12-16(2)9-10-21(20)25-24(26-23)31-15-19-8-7-11-27(19)5/h6,16-19H,1,7-15H2,2-5H3/t16?,17-,18?,19-/m0/s1. The molecule has 4 rings (SSSR count). The van der Waals surface area contributed by atoms with Crippen LogP contribution in [0.3, 0.4) is 0 Å². The molecular weight excluding hydrogens is 390 g/mol. The third kappa shape index (κ3) is 4.56. The number of aromatic nitrogens is 2. The van der Waals surface area contributed by atoms with Crippen LogP contribution in [0.25, 0.3) is 0 Å². The zero-order chi connectivity index (χ0) is 22.1. The van der Waals surface area contributed by atoms with Gasteiger partial charge in [-0.1, -0.05) is 13.5 Å². The van der Waals surface area contributed by atoms with Gasteiger partial charge in [-0.15, -0.1) is 0 Å². The number of ether oxygens (including phenoxy) is 1. The molecular formula is C24H37N5O2. The van der Waals surface area contributed by atoms with E-state index in [0.717, 1.165) is 37.3 Å². The molecule has 7 nitrogen and oxygen atoms in total. The van der Waals surface area contributed by atoms with E-state index < -0.39 is 0 Å². The number of hydrogen-bond donors (Lipinski definition) is 0. The Hall–Kier alpha value is -2.15. The summed E-state index contributed by atoms with van der Waals surface area (Å²) < 4.78 is 6.16. The summed E-state index contributed by atoms with van der Waals surface area (Å²) >= 11 is 0. The highest BCUT2D eigenvalue weighted by Crippen LogP contribution is 2.35. The summed E-state index contributed by atoms with van der Waals surface area (Å²) in [4.78, 5) is 28.7. The first kappa shape index (κ1) is 22.1. The van der Waals surface area contributed by atoms with E-state index in [-0.39, 0.29) is 18.0 Å². The Kier molecular flexibility index (Phi) is 6.51. The van der Waals surface area contributed by atoms with Gasteiger partial charge in [-0.25, -0.2) is 0 Å². The van der Waals surface area contributed by atoms with Crippen molar-refractivity contribution in [3.63, 3.8) is 0 Å². The largest absolute Gasteiger partial charge is 0.462 e. The Labute approximate surface area is 186 Å². The lowest BCUT2D eigenvalue weighted by Crippen LogP contribution is -2.58. The van der Waals surface area contributed by atoms with Gasteiger partial charge in [-0.3, -0.25) is 4.79 Å². The second-order valence-electron chi connectivity index (χ2n) is 9.74. The number of aryl methyl sites for hydroxylation is 1. The second kappa shape index (κ2) is 9.15. The lowest BCUT2D eigenvalue weighted by atomic mass is 9.87. The van der Waals surface area contributed by atoms with Crippen molar-refractivity contribution in [1.29, 1.82) is 0 Å². The van der Waals surface area contributed by atoms with Crippen molar-refractivity contribution in [1.82, 2.24) is 19.8 Å². The van der Waals surface area contributed by atoms with Crippen molar-refractivity contribution in [2.24, 2.45) is 5.92 Å². The molecule has 3 heterocycles. The van der Waals surface area contributed by atoms with E-state index in [1.54, 1.807) is 0 Å². The summed E-state index contributed by atoms with van der Waals surface area (Å²) in [5.41, 5.74) is 2.41. The lowest BCUT2D eigenvalue weighted by Gasteiger charge is -2.46. The van der Waals surface area contributed by atoms with Crippen LogP contribution in [-0.2, 0) is 17.6 Å². The van der Waals surface area contributed by atoms with E-state index in [0.29, 0.717) is 37.7 Å². The first-order chi connectivity index (χ1) is 14.9. The summed E-state index contributed by atoms with van der Waals surface area (Å²) in [5, 5.41) is 0. The van der Waals surface area contributed by atoms with Crippen LogP contribution in [0.5, 0.6) is 6.01 Å². The highest BCUT2D eigenvalue weighted by Gasteiger charge is 2.35. The van der Waals surface area contributed by atoms with E-state index in [4.69, 9.17) is 14.7 Å². The molecule has 2 saturated heterocycles. The van der Waals surface area contributed by atoms with Crippen LogP contribution in [0.4, 0.5) is 5.82 Å². The fraction of sp³-hybridized carbons (Fsp3) is 0.708. The number of hydrogen-bond acceptors (Lipinski definition) is 6. The Morgan fingerprint density at radius 1 is 1.19 bits per heavy atom. The molecule has 1 aromatic heterocycles. The summed E-state index contributed by atoms with van der Waals surface area (Å²) in [6.07, 6.45) is 6.93. The number of nitrogens with zero attached hydrogens (tertiary/aromatic N) is 5. The van der Waals surface area contributed by atoms with Crippen LogP contribution < -0.4 is 9.64 Å². The highest BCUT2D eigenvalue weighted by molar-refractivity contribution is 5.87. The number of carbonyl (C=O) groups excluding carboxylic acids is 1. The monoisotopic (exact) mass is 427 g/mol. The first-order valence-corrected chi connectivity index (χ1v) is 11.8. The summed E-state index contributed by atoms with van der Waals surface area (Å²) in [7, 11) is 2.16.